The fraction of sp³-hybridized carbons (Fsp3) is 0.364. The predicted octanol–water partition coefficient (Wildman–Crippen LogP) is 4.34. The van der Waals surface area contributed by atoms with Gasteiger partial charge in [-0.2, -0.15) is 0 Å². The molecule has 4 rings (SSSR count). The number of carbonyl (C=O) groups is 1. The van der Waals surface area contributed by atoms with Gasteiger partial charge in [0.05, 0.1) is 0 Å². The van der Waals surface area contributed by atoms with Gasteiger partial charge in [-0.1, -0.05) is 30.3 Å². The number of aryl methyl sites for hydroxylation is 2. The largest absolute Gasteiger partial charge is 0.460 e. The van der Waals surface area contributed by atoms with Crippen molar-refractivity contribution >= 4 is 17.2 Å². The van der Waals surface area contributed by atoms with Crippen LogP contribution in [-0.2, 0) is 0 Å². The molecule has 7 heteroatoms. The van der Waals surface area contributed by atoms with Crippen LogP contribution in [0.1, 0.15) is 47.6 Å². The van der Waals surface area contributed by atoms with Crippen molar-refractivity contribution in [2.45, 2.75) is 51.7 Å². The molecule has 1 saturated carbocycles. The number of nitrogens with one attached hydrogen (secondary N) is 1. The van der Waals surface area contributed by atoms with Gasteiger partial charge >= 0.3 is 6.01 Å². The van der Waals surface area contributed by atoms with Crippen molar-refractivity contribution in [2.75, 3.05) is 0 Å². The van der Waals surface area contributed by atoms with E-state index in [1.165, 1.54) is 11.3 Å². The first-order valence-corrected chi connectivity index (χ1v) is 10.8. The molecule has 0 unspecified atom stereocenters. The van der Waals surface area contributed by atoms with Crippen LogP contribution in [-0.4, -0.2) is 33.0 Å². The molecule has 2 heterocycles. The fourth-order valence-electron chi connectivity index (χ4n) is 3.57. The highest BCUT2D eigenvalue weighted by Gasteiger charge is 2.25. The maximum atomic E-state index is 12.6. The number of carbonyl (C=O) groups excluding carboxylic acids is 1. The number of rotatable bonds is 5. The Morgan fingerprint density at radius 2 is 1.72 bits per heavy atom. The van der Waals surface area contributed by atoms with Gasteiger partial charge in [-0.3, -0.25) is 4.79 Å². The average molecular weight is 409 g/mol. The molecule has 0 bridgehead atoms. The summed E-state index contributed by atoms with van der Waals surface area (Å²) in [6, 6.07) is 12.4. The van der Waals surface area contributed by atoms with E-state index in [0.29, 0.717) is 11.7 Å². The number of aromatic nitrogens is 3. The Morgan fingerprint density at radius 1 is 1.03 bits per heavy atom. The molecule has 0 aliphatic heterocycles. The van der Waals surface area contributed by atoms with E-state index in [0.717, 1.165) is 47.6 Å². The van der Waals surface area contributed by atoms with Crippen molar-refractivity contribution in [2.24, 2.45) is 0 Å². The zero-order chi connectivity index (χ0) is 20.2. The molecule has 1 aliphatic rings. The average Bonchev–Trinajstić information content (AvgIpc) is 3.20. The molecule has 1 N–H and O–H groups in total. The van der Waals surface area contributed by atoms with Crippen LogP contribution in [0.4, 0.5) is 0 Å². The number of hydrogen-bond acceptors (Lipinski definition) is 6. The fourth-order valence-corrected chi connectivity index (χ4v) is 4.38. The summed E-state index contributed by atoms with van der Waals surface area (Å²) >= 11 is 1.49. The maximum Gasteiger partial charge on any atom is 0.317 e. The molecule has 1 aliphatic carbocycles. The molecule has 1 fully saturated rings. The molecule has 6 nitrogen and oxygen atoms in total. The van der Waals surface area contributed by atoms with Crippen LogP contribution in [0.25, 0.3) is 10.6 Å². The highest BCUT2D eigenvalue weighted by Crippen LogP contribution is 2.25. The molecule has 0 spiro atoms. The molecule has 150 valence electrons. The lowest BCUT2D eigenvalue weighted by Crippen LogP contribution is -2.40. The first-order valence-electron chi connectivity index (χ1n) is 9.87. The van der Waals surface area contributed by atoms with Gasteiger partial charge in [0.25, 0.3) is 5.91 Å². The van der Waals surface area contributed by atoms with Gasteiger partial charge in [0.2, 0.25) is 0 Å². The number of benzene rings is 1. The van der Waals surface area contributed by atoms with Crippen molar-refractivity contribution in [1.82, 2.24) is 20.3 Å². The lowest BCUT2D eigenvalue weighted by atomic mass is 9.93. The topological polar surface area (TPSA) is 77.0 Å². The highest BCUT2D eigenvalue weighted by atomic mass is 32.1. The Labute approximate surface area is 174 Å². The zero-order valence-corrected chi connectivity index (χ0v) is 17.4. The number of hydrogen-bond donors (Lipinski definition) is 1. The van der Waals surface area contributed by atoms with E-state index >= 15 is 0 Å². The third-order valence-electron chi connectivity index (χ3n) is 5.00. The summed E-state index contributed by atoms with van der Waals surface area (Å²) in [4.78, 5) is 25.8. The van der Waals surface area contributed by atoms with Gasteiger partial charge in [-0.25, -0.2) is 15.0 Å². The zero-order valence-electron chi connectivity index (χ0n) is 16.6. The molecule has 3 aromatic rings. The molecule has 1 amide bonds. The van der Waals surface area contributed by atoms with Crippen molar-refractivity contribution in [3.63, 3.8) is 0 Å². The Morgan fingerprint density at radius 3 is 2.41 bits per heavy atom. The molecule has 1 aromatic carbocycles. The molecule has 29 heavy (non-hydrogen) atoms. The first-order chi connectivity index (χ1) is 14.1. The van der Waals surface area contributed by atoms with Crippen LogP contribution in [0.5, 0.6) is 6.01 Å². The Kier molecular flexibility index (Phi) is 5.85. The standard InChI is InChI=1S/C22H24N4O2S/c1-14-12-15(2)24-22(23-14)28-18-10-8-17(9-11-18)25-20(27)19-13-29-21(26-19)16-6-4-3-5-7-16/h3-7,12-13,17-18H,8-11H2,1-2H3,(H,25,27). The Bertz CT molecular complexity index is 961. The molecule has 0 radical (unpaired) electrons. The monoisotopic (exact) mass is 408 g/mol. The minimum absolute atomic E-state index is 0.0910. The van der Waals surface area contributed by atoms with Crippen LogP contribution in [0.15, 0.2) is 41.8 Å². The predicted molar refractivity (Wildman–Crippen MR) is 113 cm³/mol. The summed E-state index contributed by atoms with van der Waals surface area (Å²) in [5.41, 5.74) is 3.33. The summed E-state index contributed by atoms with van der Waals surface area (Å²) in [5, 5.41) is 5.81. The smallest absolute Gasteiger partial charge is 0.317 e. The summed E-state index contributed by atoms with van der Waals surface area (Å²) in [6.45, 7) is 3.88. The third-order valence-corrected chi connectivity index (χ3v) is 5.89. The minimum atomic E-state index is -0.106. The van der Waals surface area contributed by atoms with E-state index in [2.05, 4.69) is 20.3 Å². The second kappa shape index (κ2) is 8.69. The van der Waals surface area contributed by atoms with Gasteiger partial charge in [0.15, 0.2) is 0 Å². The third kappa shape index (κ3) is 4.98. The van der Waals surface area contributed by atoms with Crippen LogP contribution in [0.2, 0.25) is 0 Å². The summed E-state index contributed by atoms with van der Waals surface area (Å²) in [7, 11) is 0. The molecule has 0 saturated heterocycles. The van der Waals surface area contributed by atoms with E-state index in [9.17, 15) is 4.79 Å². The molecular weight excluding hydrogens is 384 g/mol. The Hall–Kier alpha value is -2.80. The van der Waals surface area contributed by atoms with E-state index in [-0.39, 0.29) is 18.1 Å². The normalized spacial score (nSPS) is 19.0. The maximum absolute atomic E-state index is 12.6. The molecule has 2 aromatic heterocycles. The van der Waals surface area contributed by atoms with Gasteiger partial charge < -0.3 is 10.1 Å². The lowest BCUT2D eigenvalue weighted by molar-refractivity contribution is 0.0880. The van der Waals surface area contributed by atoms with E-state index in [1.807, 2.05) is 55.6 Å². The molecular formula is C22H24N4O2S. The summed E-state index contributed by atoms with van der Waals surface area (Å²) < 4.78 is 5.96. The van der Waals surface area contributed by atoms with Crippen LogP contribution in [0, 0.1) is 13.8 Å². The van der Waals surface area contributed by atoms with Crippen molar-refractivity contribution in [1.29, 1.82) is 0 Å². The van der Waals surface area contributed by atoms with E-state index in [4.69, 9.17) is 4.74 Å². The number of thiazole rings is 1. The quantitative estimate of drug-likeness (QED) is 0.680. The van der Waals surface area contributed by atoms with E-state index < -0.39 is 0 Å². The summed E-state index contributed by atoms with van der Waals surface area (Å²) in [5.74, 6) is -0.106. The van der Waals surface area contributed by atoms with Gasteiger partial charge in [-0.05, 0) is 45.6 Å². The first kappa shape index (κ1) is 19.5. The SMILES string of the molecule is Cc1cc(C)nc(OC2CCC(NC(=O)c3csc(-c4ccccc4)n3)CC2)n1. The second-order valence-electron chi connectivity index (χ2n) is 7.40. The number of nitrogens with zero attached hydrogens (tertiary/aromatic N) is 3. The van der Waals surface area contributed by atoms with Crippen molar-refractivity contribution < 1.29 is 9.53 Å². The van der Waals surface area contributed by atoms with Crippen LogP contribution >= 0.6 is 11.3 Å². The number of ether oxygens (including phenoxy) is 1. The van der Waals surface area contributed by atoms with Crippen LogP contribution in [0.3, 0.4) is 0 Å². The Balaban J connectivity index is 1.29. The van der Waals surface area contributed by atoms with Crippen LogP contribution < -0.4 is 10.1 Å². The molecule has 0 atom stereocenters. The second-order valence-corrected chi connectivity index (χ2v) is 8.26. The number of amides is 1. The van der Waals surface area contributed by atoms with Gasteiger partial charge in [0, 0.05) is 28.4 Å². The minimum Gasteiger partial charge on any atom is -0.460 e. The highest BCUT2D eigenvalue weighted by molar-refractivity contribution is 7.13. The van der Waals surface area contributed by atoms with Crippen molar-refractivity contribution in [3.05, 3.63) is 58.9 Å². The van der Waals surface area contributed by atoms with E-state index in [1.54, 1.807) is 0 Å². The van der Waals surface area contributed by atoms with Gasteiger partial charge in [-0.15, -0.1) is 11.3 Å². The van der Waals surface area contributed by atoms with Gasteiger partial charge in [0.1, 0.15) is 16.8 Å². The van der Waals surface area contributed by atoms with Crippen molar-refractivity contribution in [3.8, 4) is 16.6 Å². The summed E-state index contributed by atoms with van der Waals surface area (Å²) in [6.07, 6.45) is 3.57. The lowest BCUT2D eigenvalue weighted by Gasteiger charge is -2.28.